The van der Waals surface area contributed by atoms with Gasteiger partial charge in [0, 0.05) is 5.25 Å². The summed E-state index contributed by atoms with van der Waals surface area (Å²) in [5.41, 5.74) is 3.84. The molecule has 0 aliphatic carbocycles. The van der Waals surface area contributed by atoms with Crippen LogP contribution >= 0.6 is 23.4 Å². The van der Waals surface area contributed by atoms with Gasteiger partial charge in [0.25, 0.3) is 11.8 Å². The lowest BCUT2D eigenvalue weighted by Crippen LogP contribution is -2.31. The number of ether oxygens (including phenoxy) is 1. The first kappa shape index (κ1) is 20.5. The fraction of sp³-hybridized carbons (Fsp3) is 0.273. The number of benzene rings is 2. The molecule has 0 aromatic heterocycles. The molecule has 3 rings (SSSR count). The molecule has 0 unspecified atom stereocenters. The molecule has 0 N–H and O–H groups in total. The van der Waals surface area contributed by atoms with E-state index in [9.17, 15) is 9.59 Å². The Hall–Kier alpha value is -2.24. The highest BCUT2D eigenvalue weighted by molar-refractivity contribution is 8.04. The Bertz CT molecular complexity index is 997. The molecule has 0 atom stereocenters. The minimum Gasteiger partial charge on any atom is -0.495 e. The number of rotatable bonds is 5. The largest absolute Gasteiger partial charge is 0.495 e. The highest BCUT2D eigenvalue weighted by Gasteiger charge is 2.40. The average Bonchev–Trinajstić information content (AvgIpc) is 2.87. The molecule has 4 nitrogen and oxygen atoms in total. The smallest absolute Gasteiger partial charge is 0.272 e. The summed E-state index contributed by atoms with van der Waals surface area (Å²) in [6, 6.07) is 10.7. The highest BCUT2D eigenvalue weighted by atomic mass is 35.5. The SMILES string of the molecule is COc1ccc(N2C(=O)C(SC(C)C)=C(c3ccc(C)c(C)c3)C2=O)cc1Cl. The van der Waals surface area contributed by atoms with Gasteiger partial charge in [-0.05, 0) is 48.7 Å². The first-order valence-electron chi connectivity index (χ1n) is 8.95. The first-order valence-corrected chi connectivity index (χ1v) is 10.2. The summed E-state index contributed by atoms with van der Waals surface area (Å²) >= 11 is 7.63. The van der Waals surface area contributed by atoms with Crippen LogP contribution < -0.4 is 9.64 Å². The van der Waals surface area contributed by atoms with Crippen LogP contribution in [0.25, 0.3) is 5.57 Å². The first-order chi connectivity index (χ1) is 13.2. The summed E-state index contributed by atoms with van der Waals surface area (Å²) in [5.74, 6) is -0.167. The van der Waals surface area contributed by atoms with E-state index < -0.39 is 0 Å². The number of amides is 2. The van der Waals surface area contributed by atoms with Crippen LogP contribution in [-0.2, 0) is 9.59 Å². The van der Waals surface area contributed by atoms with E-state index in [2.05, 4.69) is 0 Å². The zero-order chi connectivity index (χ0) is 20.6. The number of halogens is 1. The van der Waals surface area contributed by atoms with E-state index in [1.54, 1.807) is 18.2 Å². The molecule has 1 heterocycles. The molecule has 2 aromatic carbocycles. The summed E-state index contributed by atoms with van der Waals surface area (Å²) in [4.78, 5) is 28.2. The molecule has 0 saturated carbocycles. The van der Waals surface area contributed by atoms with Crippen molar-refractivity contribution in [2.24, 2.45) is 0 Å². The zero-order valence-corrected chi connectivity index (χ0v) is 18.1. The van der Waals surface area contributed by atoms with Gasteiger partial charge < -0.3 is 4.74 Å². The Morgan fingerprint density at radius 3 is 2.29 bits per heavy atom. The molecular formula is C22H22ClNO3S. The Balaban J connectivity index is 2.11. The number of nitrogens with zero attached hydrogens (tertiary/aromatic N) is 1. The number of methoxy groups -OCH3 is 1. The van der Waals surface area contributed by atoms with Crippen LogP contribution in [-0.4, -0.2) is 24.2 Å². The molecule has 2 amide bonds. The molecule has 0 bridgehead atoms. The number of anilines is 1. The van der Waals surface area contributed by atoms with Crippen LogP contribution in [0.4, 0.5) is 5.69 Å². The van der Waals surface area contributed by atoms with Crippen molar-refractivity contribution in [2.45, 2.75) is 32.9 Å². The second kappa shape index (κ2) is 8.02. The summed E-state index contributed by atoms with van der Waals surface area (Å²) < 4.78 is 5.17. The lowest BCUT2D eigenvalue weighted by atomic mass is 10.0. The van der Waals surface area contributed by atoms with Gasteiger partial charge in [0.1, 0.15) is 5.75 Å². The Labute approximate surface area is 174 Å². The fourth-order valence-electron chi connectivity index (χ4n) is 3.04. The Morgan fingerprint density at radius 2 is 1.71 bits per heavy atom. The van der Waals surface area contributed by atoms with Gasteiger partial charge >= 0.3 is 0 Å². The van der Waals surface area contributed by atoms with Crippen LogP contribution in [0.1, 0.15) is 30.5 Å². The lowest BCUT2D eigenvalue weighted by Gasteiger charge is -2.16. The third-order valence-electron chi connectivity index (χ3n) is 4.58. The zero-order valence-electron chi connectivity index (χ0n) is 16.5. The number of imide groups is 1. The van der Waals surface area contributed by atoms with E-state index in [0.29, 0.717) is 26.9 Å². The maximum Gasteiger partial charge on any atom is 0.272 e. The van der Waals surface area contributed by atoms with Gasteiger partial charge in [-0.2, -0.15) is 0 Å². The molecule has 0 radical (unpaired) electrons. The predicted octanol–water partition coefficient (Wildman–Crippen LogP) is 5.39. The molecule has 1 aliphatic heterocycles. The topological polar surface area (TPSA) is 46.6 Å². The van der Waals surface area contributed by atoms with Crippen molar-refractivity contribution in [2.75, 3.05) is 12.0 Å². The summed E-state index contributed by atoms with van der Waals surface area (Å²) in [6.07, 6.45) is 0. The summed E-state index contributed by atoms with van der Waals surface area (Å²) in [7, 11) is 1.52. The van der Waals surface area contributed by atoms with Crippen molar-refractivity contribution in [1.82, 2.24) is 0 Å². The quantitative estimate of drug-likeness (QED) is 0.614. The maximum absolute atomic E-state index is 13.3. The monoisotopic (exact) mass is 415 g/mol. The van der Waals surface area contributed by atoms with Crippen molar-refractivity contribution in [1.29, 1.82) is 0 Å². The summed E-state index contributed by atoms with van der Waals surface area (Å²) in [5, 5.41) is 0.506. The number of carbonyl (C=O) groups excluding carboxylic acids is 2. The van der Waals surface area contributed by atoms with Crippen molar-refractivity contribution < 1.29 is 14.3 Å². The molecular weight excluding hydrogens is 394 g/mol. The molecule has 0 spiro atoms. The number of thioether (sulfide) groups is 1. The molecule has 0 fully saturated rings. The normalized spacial score (nSPS) is 14.5. The molecule has 2 aromatic rings. The molecule has 1 aliphatic rings. The van der Waals surface area contributed by atoms with Crippen LogP contribution in [0.3, 0.4) is 0 Å². The van der Waals surface area contributed by atoms with Gasteiger partial charge in [0.15, 0.2) is 0 Å². The number of carbonyl (C=O) groups is 2. The second-order valence-electron chi connectivity index (χ2n) is 6.93. The second-order valence-corrected chi connectivity index (χ2v) is 8.93. The van der Waals surface area contributed by atoms with Gasteiger partial charge in [-0.3, -0.25) is 9.59 Å². The van der Waals surface area contributed by atoms with Crippen molar-refractivity contribution in [3.63, 3.8) is 0 Å². The third kappa shape index (κ3) is 3.69. The maximum atomic E-state index is 13.3. The van der Waals surface area contributed by atoms with Crippen LogP contribution in [0, 0.1) is 13.8 Å². The minimum atomic E-state index is -0.336. The Kier molecular flexibility index (Phi) is 5.87. The van der Waals surface area contributed by atoms with E-state index in [4.69, 9.17) is 16.3 Å². The Morgan fingerprint density at radius 1 is 1.00 bits per heavy atom. The van der Waals surface area contributed by atoms with Crippen molar-refractivity contribution in [3.8, 4) is 5.75 Å². The van der Waals surface area contributed by atoms with Crippen LogP contribution in [0.5, 0.6) is 5.75 Å². The minimum absolute atomic E-state index is 0.160. The van der Waals surface area contributed by atoms with Crippen LogP contribution in [0.15, 0.2) is 41.3 Å². The van der Waals surface area contributed by atoms with Gasteiger partial charge in [-0.15, -0.1) is 11.8 Å². The van der Waals surface area contributed by atoms with Crippen molar-refractivity contribution >= 4 is 46.4 Å². The average molecular weight is 416 g/mol. The molecule has 28 heavy (non-hydrogen) atoms. The summed E-state index contributed by atoms with van der Waals surface area (Å²) in [6.45, 7) is 8.02. The molecule has 0 saturated heterocycles. The number of hydrogen-bond donors (Lipinski definition) is 0. The van der Waals surface area contributed by atoms with E-state index in [1.807, 2.05) is 45.9 Å². The van der Waals surface area contributed by atoms with Gasteiger partial charge in [-0.25, -0.2) is 4.90 Å². The lowest BCUT2D eigenvalue weighted by molar-refractivity contribution is -0.119. The van der Waals surface area contributed by atoms with Gasteiger partial charge in [0.05, 0.1) is 28.3 Å². The van der Waals surface area contributed by atoms with Gasteiger partial charge in [0.2, 0.25) is 0 Å². The number of aryl methyl sites for hydroxylation is 2. The van der Waals surface area contributed by atoms with E-state index in [0.717, 1.165) is 16.7 Å². The van der Waals surface area contributed by atoms with E-state index in [1.165, 1.54) is 23.8 Å². The molecule has 6 heteroatoms. The van der Waals surface area contributed by atoms with Gasteiger partial charge in [-0.1, -0.05) is 43.6 Å². The molecule has 146 valence electrons. The van der Waals surface area contributed by atoms with Crippen LogP contribution in [0.2, 0.25) is 5.02 Å². The number of hydrogen-bond acceptors (Lipinski definition) is 4. The van der Waals surface area contributed by atoms with E-state index in [-0.39, 0.29) is 17.1 Å². The predicted molar refractivity (Wildman–Crippen MR) is 116 cm³/mol. The van der Waals surface area contributed by atoms with E-state index >= 15 is 0 Å². The third-order valence-corrected chi connectivity index (χ3v) is 5.97. The highest BCUT2D eigenvalue weighted by Crippen LogP contribution is 2.41. The fourth-order valence-corrected chi connectivity index (χ4v) is 4.27. The standard InChI is InChI=1S/C22H22ClNO3S/c1-12(2)28-20-19(15-7-6-13(3)14(4)10-15)21(25)24(22(20)26)16-8-9-18(27-5)17(23)11-16/h6-12H,1-5H3. The van der Waals surface area contributed by atoms with Crippen molar-refractivity contribution in [3.05, 3.63) is 63.0 Å².